The first-order valence-electron chi connectivity index (χ1n) is 7.74. The average Bonchev–Trinajstić information content (AvgIpc) is 2.58. The van der Waals surface area contributed by atoms with Gasteiger partial charge in [0.25, 0.3) is 11.4 Å². The number of anilines is 2. The minimum atomic E-state index is -5.04. The molecule has 0 spiro atoms. The predicted octanol–water partition coefficient (Wildman–Crippen LogP) is 6.59. The third kappa shape index (κ3) is 4.61. The molecule has 0 aromatic heterocycles. The van der Waals surface area contributed by atoms with E-state index in [4.69, 9.17) is 0 Å². The summed E-state index contributed by atoms with van der Waals surface area (Å²) in [6.45, 7) is 1.71. The van der Waals surface area contributed by atoms with Gasteiger partial charge in [-0.2, -0.15) is 13.2 Å². The van der Waals surface area contributed by atoms with Gasteiger partial charge in [0.05, 0.1) is 27.2 Å². The maximum Gasteiger partial charge on any atom is 0.418 e. The minimum Gasteiger partial charge on any atom is -0.334 e. The van der Waals surface area contributed by atoms with Crippen molar-refractivity contribution < 1.29 is 23.0 Å². The zero-order valence-electron chi connectivity index (χ0n) is 14.2. The summed E-state index contributed by atoms with van der Waals surface area (Å²) in [6.07, 6.45) is -4.67. The molecule has 0 fully saturated rings. The first-order valence-corrected chi connectivity index (χ1v) is 9.32. The van der Waals surface area contributed by atoms with Gasteiger partial charge in [-0.05, 0) is 40.5 Å². The number of hydrogen-bond donors (Lipinski definition) is 0. The van der Waals surface area contributed by atoms with Crippen LogP contribution in [0.15, 0.2) is 39.3 Å². The summed E-state index contributed by atoms with van der Waals surface area (Å²) >= 11 is 6.50. The summed E-state index contributed by atoms with van der Waals surface area (Å²) in [5.74, 6) is 0. The maximum absolute atomic E-state index is 13.7. The van der Waals surface area contributed by atoms with E-state index in [0.717, 1.165) is 4.90 Å². The Bertz CT molecular complexity index is 938. The Morgan fingerprint density at radius 2 is 1.71 bits per heavy atom. The van der Waals surface area contributed by atoms with Crippen molar-refractivity contribution in [2.45, 2.75) is 19.5 Å². The monoisotopic (exact) mass is 525 g/mol. The molecule has 0 bridgehead atoms. The quantitative estimate of drug-likeness (QED) is 0.312. The summed E-state index contributed by atoms with van der Waals surface area (Å²) in [5.41, 5.74) is -3.93. The lowest BCUT2D eigenvalue weighted by molar-refractivity contribution is -0.394. The molecule has 0 atom stereocenters. The van der Waals surface area contributed by atoms with Gasteiger partial charge in [0, 0.05) is 21.6 Å². The van der Waals surface area contributed by atoms with Crippen molar-refractivity contribution >= 4 is 54.6 Å². The number of non-ortho nitro benzene ring substituents is 1. The van der Waals surface area contributed by atoms with E-state index in [1.165, 1.54) is 6.07 Å². The van der Waals surface area contributed by atoms with Gasteiger partial charge in [-0.25, -0.2) is 0 Å². The van der Waals surface area contributed by atoms with Gasteiger partial charge in [0.1, 0.15) is 5.69 Å². The molecule has 150 valence electrons. The molecule has 0 aliphatic carbocycles. The number of nitro groups is 2. The lowest BCUT2D eigenvalue weighted by Crippen LogP contribution is -2.24. The van der Waals surface area contributed by atoms with Crippen molar-refractivity contribution in [2.75, 3.05) is 11.4 Å². The third-order valence-electron chi connectivity index (χ3n) is 3.71. The second kappa shape index (κ2) is 8.43. The molecule has 2 rings (SSSR count). The topological polar surface area (TPSA) is 89.5 Å². The highest BCUT2D eigenvalue weighted by atomic mass is 79.9. The molecule has 0 saturated carbocycles. The van der Waals surface area contributed by atoms with Crippen molar-refractivity contribution in [3.8, 4) is 0 Å². The van der Waals surface area contributed by atoms with E-state index in [2.05, 4.69) is 31.9 Å². The number of hydrogen-bond acceptors (Lipinski definition) is 5. The molecule has 7 nitrogen and oxygen atoms in total. The van der Waals surface area contributed by atoms with Crippen LogP contribution in [0.2, 0.25) is 0 Å². The largest absolute Gasteiger partial charge is 0.418 e. The van der Waals surface area contributed by atoms with E-state index in [-0.39, 0.29) is 12.2 Å². The Kier molecular flexibility index (Phi) is 6.65. The van der Waals surface area contributed by atoms with E-state index in [1.54, 1.807) is 19.1 Å². The Balaban J connectivity index is 2.91. The lowest BCUT2D eigenvalue weighted by Gasteiger charge is -2.28. The standard InChI is InChI=1S/C16H12Br2F3N3O4/c1-2-5-22(13-4-3-9(17)6-12(13)18)15-11(16(19,20)21)7-10(23(25)26)8-14(15)24(27)28/h3-4,6-8H,2,5H2,1H3. The van der Waals surface area contributed by atoms with Gasteiger partial charge in [-0.15, -0.1) is 0 Å². The van der Waals surface area contributed by atoms with Crippen LogP contribution < -0.4 is 4.90 Å². The summed E-state index contributed by atoms with van der Waals surface area (Å²) in [4.78, 5) is 21.5. The smallest absolute Gasteiger partial charge is 0.334 e. The molecule has 12 heteroatoms. The fourth-order valence-electron chi connectivity index (χ4n) is 2.63. The molecule has 0 unspecified atom stereocenters. The van der Waals surface area contributed by atoms with Gasteiger partial charge in [-0.3, -0.25) is 20.2 Å². The highest BCUT2D eigenvalue weighted by Crippen LogP contribution is 2.47. The van der Waals surface area contributed by atoms with E-state index in [0.29, 0.717) is 27.5 Å². The number of nitro benzene ring substituents is 2. The van der Waals surface area contributed by atoms with Crippen molar-refractivity contribution in [3.05, 3.63) is 65.1 Å². The van der Waals surface area contributed by atoms with E-state index in [9.17, 15) is 33.4 Å². The van der Waals surface area contributed by atoms with E-state index < -0.39 is 38.6 Å². The Morgan fingerprint density at radius 1 is 1.07 bits per heavy atom. The van der Waals surface area contributed by atoms with Gasteiger partial charge < -0.3 is 4.90 Å². The number of nitrogens with zero attached hydrogens (tertiary/aromatic N) is 3. The van der Waals surface area contributed by atoms with Gasteiger partial charge in [0.15, 0.2) is 0 Å². The number of alkyl halides is 3. The molecular formula is C16H12Br2F3N3O4. The zero-order valence-corrected chi connectivity index (χ0v) is 17.3. The average molecular weight is 527 g/mol. The van der Waals surface area contributed by atoms with Crippen LogP contribution in [0.4, 0.5) is 35.9 Å². The molecule has 0 aliphatic rings. The Morgan fingerprint density at radius 3 is 2.18 bits per heavy atom. The molecule has 2 aromatic rings. The van der Waals surface area contributed by atoms with Crippen LogP contribution in [0.3, 0.4) is 0 Å². The first-order chi connectivity index (χ1) is 13.0. The molecule has 0 aliphatic heterocycles. The summed E-state index contributed by atoms with van der Waals surface area (Å²) in [6, 6.07) is 5.52. The maximum atomic E-state index is 13.7. The molecule has 0 saturated heterocycles. The minimum absolute atomic E-state index is 0.0158. The highest BCUT2D eigenvalue weighted by molar-refractivity contribution is 9.11. The fourth-order valence-corrected chi connectivity index (χ4v) is 3.89. The normalized spacial score (nSPS) is 11.4. The van der Waals surface area contributed by atoms with Crippen LogP contribution in [-0.2, 0) is 6.18 Å². The van der Waals surface area contributed by atoms with E-state index >= 15 is 0 Å². The number of benzene rings is 2. The van der Waals surface area contributed by atoms with Crippen LogP contribution in [-0.4, -0.2) is 16.4 Å². The van der Waals surface area contributed by atoms with Crippen molar-refractivity contribution in [1.82, 2.24) is 0 Å². The van der Waals surface area contributed by atoms with Gasteiger partial charge >= 0.3 is 6.18 Å². The number of halogens is 5. The van der Waals surface area contributed by atoms with Crippen LogP contribution in [0.25, 0.3) is 0 Å². The Labute approximate surface area is 173 Å². The Hall–Kier alpha value is -2.21. The van der Waals surface area contributed by atoms with Gasteiger partial charge in [-0.1, -0.05) is 22.9 Å². The van der Waals surface area contributed by atoms with Crippen molar-refractivity contribution in [1.29, 1.82) is 0 Å². The fraction of sp³-hybridized carbons (Fsp3) is 0.250. The van der Waals surface area contributed by atoms with Crippen molar-refractivity contribution in [2.24, 2.45) is 0 Å². The summed E-state index contributed by atoms with van der Waals surface area (Å²) in [7, 11) is 0. The van der Waals surface area contributed by atoms with Gasteiger partial charge in [0.2, 0.25) is 0 Å². The SMILES string of the molecule is CCCN(c1ccc(Br)cc1Br)c1c([N+](=O)[O-])cc([N+](=O)[O-])cc1C(F)(F)F. The second-order valence-electron chi connectivity index (χ2n) is 5.62. The molecular weight excluding hydrogens is 515 g/mol. The van der Waals surface area contributed by atoms with E-state index in [1.807, 2.05) is 0 Å². The van der Waals surface area contributed by atoms with Crippen LogP contribution in [0.5, 0.6) is 0 Å². The van der Waals surface area contributed by atoms with Crippen LogP contribution >= 0.6 is 31.9 Å². The van der Waals surface area contributed by atoms with Crippen molar-refractivity contribution in [3.63, 3.8) is 0 Å². The molecule has 0 heterocycles. The number of rotatable bonds is 6. The summed E-state index contributed by atoms with van der Waals surface area (Å²) in [5, 5.41) is 22.5. The second-order valence-corrected chi connectivity index (χ2v) is 7.39. The lowest BCUT2D eigenvalue weighted by atomic mass is 10.1. The molecule has 0 N–H and O–H groups in total. The molecule has 0 amide bonds. The zero-order chi connectivity index (χ0) is 21.2. The predicted molar refractivity (Wildman–Crippen MR) is 104 cm³/mol. The summed E-state index contributed by atoms with van der Waals surface area (Å²) < 4.78 is 42.2. The van der Waals surface area contributed by atoms with Crippen LogP contribution in [0.1, 0.15) is 18.9 Å². The first kappa shape index (κ1) is 22.1. The third-order valence-corrected chi connectivity index (χ3v) is 4.83. The highest BCUT2D eigenvalue weighted by Gasteiger charge is 2.41. The molecule has 2 aromatic carbocycles. The molecule has 28 heavy (non-hydrogen) atoms. The van der Waals surface area contributed by atoms with Crippen LogP contribution in [0, 0.1) is 20.2 Å². The molecule has 0 radical (unpaired) electrons.